The van der Waals surface area contributed by atoms with Crippen molar-refractivity contribution in [1.82, 2.24) is 5.32 Å². The Hall–Kier alpha value is -3.95. The minimum atomic E-state index is -4.23. The van der Waals surface area contributed by atoms with Crippen LogP contribution in [0.5, 0.6) is 5.75 Å². The lowest BCUT2D eigenvalue weighted by Crippen LogP contribution is -2.54. The number of anilines is 1. The molecule has 1 N–H and O–H groups in total. The summed E-state index contributed by atoms with van der Waals surface area (Å²) < 4.78 is 31.0. The maximum absolute atomic E-state index is 13.3. The number of hydrogen-bond donors (Lipinski definition) is 1. The van der Waals surface area contributed by atoms with Gasteiger partial charge in [-0.25, -0.2) is 9.69 Å². The minimum Gasteiger partial charge on any atom is -0.378 e. The SMILES string of the molecule is Cc1ccc(S(=O)(=O)Oc2ccc(Cl)cc2/C=C2\C(=O)NC(=O)N(c3cccc(C)c3C)C2=O)cc1. The molecule has 1 saturated heterocycles. The summed E-state index contributed by atoms with van der Waals surface area (Å²) in [5, 5.41) is 2.37. The highest BCUT2D eigenvalue weighted by Crippen LogP contribution is 2.31. The zero-order valence-corrected chi connectivity index (χ0v) is 21.1. The maximum atomic E-state index is 13.3. The van der Waals surface area contributed by atoms with E-state index >= 15 is 0 Å². The van der Waals surface area contributed by atoms with Crippen molar-refractivity contribution in [2.24, 2.45) is 0 Å². The average molecular weight is 525 g/mol. The average Bonchev–Trinajstić information content (AvgIpc) is 2.81. The first-order chi connectivity index (χ1) is 17.0. The standard InChI is InChI=1S/C26H21ClN2O6S/c1-15-7-10-20(11-8-15)36(33,34)35-23-12-9-19(27)13-18(23)14-21-24(30)28-26(32)29(25(21)31)22-6-4-5-16(2)17(22)3/h4-14H,1-3H3,(H,28,30,32)/b21-14+. The van der Waals surface area contributed by atoms with Crippen molar-refractivity contribution < 1.29 is 27.0 Å². The zero-order valence-electron chi connectivity index (χ0n) is 19.5. The molecule has 0 aliphatic carbocycles. The Morgan fingerprint density at radius 1 is 0.944 bits per heavy atom. The molecule has 0 bridgehead atoms. The van der Waals surface area contributed by atoms with E-state index in [9.17, 15) is 22.8 Å². The highest BCUT2D eigenvalue weighted by molar-refractivity contribution is 7.87. The van der Waals surface area contributed by atoms with Gasteiger partial charge in [0, 0.05) is 10.6 Å². The van der Waals surface area contributed by atoms with Crippen LogP contribution in [0.4, 0.5) is 10.5 Å². The van der Waals surface area contributed by atoms with Gasteiger partial charge in [0.05, 0.1) is 5.69 Å². The fourth-order valence-corrected chi connectivity index (χ4v) is 4.72. The van der Waals surface area contributed by atoms with Gasteiger partial charge in [0.15, 0.2) is 0 Å². The van der Waals surface area contributed by atoms with Crippen LogP contribution in [0, 0.1) is 20.8 Å². The van der Waals surface area contributed by atoms with Gasteiger partial charge in [-0.1, -0.05) is 41.4 Å². The molecule has 0 saturated carbocycles. The molecular formula is C26H21ClN2O6S. The van der Waals surface area contributed by atoms with Gasteiger partial charge in [-0.2, -0.15) is 8.42 Å². The van der Waals surface area contributed by atoms with Crippen LogP contribution < -0.4 is 14.4 Å². The number of hydrogen-bond acceptors (Lipinski definition) is 6. The number of carbonyl (C=O) groups is 3. The first-order valence-corrected chi connectivity index (χ1v) is 12.5. The Morgan fingerprint density at radius 2 is 1.64 bits per heavy atom. The quantitative estimate of drug-likeness (QED) is 0.294. The van der Waals surface area contributed by atoms with Gasteiger partial charge in [0.2, 0.25) is 0 Å². The molecule has 0 unspecified atom stereocenters. The van der Waals surface area contributed by atoms with Crippen molar-refractivity contribution in [1.29, 1.82) is 0 Å². The Bertz CT molecular complexity index is 1550. The van der Waals surface area contributed by atoms with E-state index in [-0.39, 0.29) is 21.2 Å². The van der Waals surface area contributed by atoms with Crippen LogP contribution in [0.1, 0.15) is 22.3 Å². The number of rotatable bonds is 5. The van der Waals surface area contributed by atoms with E-state index in [2.05, 4.69) is 5.32 Å². The summed E-state index contributed by atoms with van der Waals surface area (Å²) >= 11 is 6.11. The lowest BCUT2D eigenvalue weighted by Gasteiger charge is -2.28. The molecule has 3 aromatic rings. The van der Waals surface area contributed by atoms with Crippen LogP contribution in [0.15, 0.2) is 71.1 Å². The van der Waals surface area contributed by atoms with Crippen LogP contribution in [0.3, 0.4) is 0 Å². The highest BCUT2D eigenvalue weighted by atomic mass is 35.5. The van der Waals surface area contributed by atoms with Gasteiger partial charge in [-0.05, 0) is 74.4 Å². The molecule has 10 heteroatoms. The van der Waals surface area contributed by atoms with E-state index in [0.29, 0.717) is 11.3 Å². The number of imide groups is 2. The fraction of sp³-hybridized carbons (Fsp3) is 0.115. The number of amides is 4. The van der Waals surface area contributed by atoms with Gasteiger partial charge < -0.3 is 4.18 Å². The molecule has 0 aromatic heterocycles. The monoisotopic (exact) mass is 524 g/mol. The first kappa shape index (κ1) is 25.2. The van der Waals surface area contributed by atoms with Gasteiger partial charge in [0.25, 0.3) is 11.8 Å². The molecule has 0 atom stereocenters. The summed E-state index contributed by atoms with van der Waals surface area (Å²) in [4.78, 5) is 39.4. The number of urea groups is 1. The number of nitrogens with zero attached hydrogens (tertiary/aromatic N) is 1. The molecule has 1 fully saturated rings. The summed E-state index contributed by atoms with van der Waals surface area (Å²) in [6, 6.07) is 14.4. The smallest absolute Gasteiger partial charge is 0.339 e. The van der Waals surface area contributed by atoms with E-state index in [0.717, 1.165) is 22.1 Å². The van der Waals surface area contributed by atoms with Crippen molar-refractivity contribution >= 4 is 51.3 Å². The maximum Gasteiger partial charge on any atom is 0.339 e. The third kappa shape index (κ3) is 4.89. The van der Waals surface area contributed by atoms with E-state index in [1.807, 2.05) is 19.9 Å². The van der Waals surface area contributed by atoms with E-state index in [1.165, 1.54) is 30.3 Å². The zero-order chi connectivity index (χ0) is 26.2. The number of barbiturate groups is 1. The summed E-state index contributed by atoms with van der Waals surface area (Å²) in [5.41, 5.74) is 2.39. The molecule has 3 aromatic carbocycles. The molecule has 36 heavy (non-hydrogen) atoms. The Morgan fingerprint density at radius 3 is 2.33 bits per heavy atom. The fourth-order valence-electron chi connectivity index (χ4n) is 3.59. The lowest BCUT2D eigenvalue weighted by molar-refractivity contribution is -0.122. The van der Waals surface area contributed by atoms with Crippen LogP contribution in [-0.4, -0.2) is 26.3 Å². The summed E-state index contributed by atoms with van der Waals surface area (Å²) in [7, 11) is -4.23. The molecule has 1 aliphatic rings. The Kier molecular flexibility index (Phi) is 6.71. The molecule has 184 valence electrons. The van der Waals surface area contributed by atoms with E-state index in [1.54, 1.807) is 31.2 Å². The summed E-state index contributed by atoms with van der Waals surface area (Å²) in [5.74, 6) is -1.95. The van der Waals surface area contributed by atoms with Gasteiger partial charge in [-0.15, -0.1) is 0 Å². The van der Waals surface area contributed by atoms with Gasteiger partial charge in [0.1, 0.15) is 16.2 Å². The van der Waals surface area contributed by atoms with E-state index in [4.69, 9.17) is 15.8 Å². The number of nitrogens with one attached hydrogen (secondary N) is 1. The van der Waals surface area contributed by atoms with Crippen LogP contribution in [0.25, 0.3) is 6.08 Å². The predicted molar refractivity (Wildman–Crippen MR) is 135 cm³/mol. The van der Waals surface area contributed by atoms with Crippen molar-refractivity contribution in [3.05, 3.63) is 93.5 Å². The molecular weight excluding hydrogens is 504 g/mol. The van der Waals surface area contributed by atoms with Crippen molar-refractivity contribution in [3.63, 3.8) is 0 Å². The van der Waals surface area contributed by atoms with Crippen molar-refractivity contribution in [2.75, 3.05) is 4.90 Å². The van der Waals surface area contributed by atoms with Crippen LogP contribution >= 0.6 is 11.6 Å². The van der Waals surface area contributed by atoms with Crippen LogP contribution in [0.2, 0.25) is 5.02 Å². The second kappa shape index (κ2) is 9.60. The molecule has 1 aliphatic heterocycles. The molecule has 0 radical (unpaired) electrons. The predicted octanol–water partition coefficient (Wildman–Crippen LogP) is 4.70. The largest absolute Gasteiger partial charge is 0.378 e. The second-order valence-corrected chi connectivity index (χ2v) is 10.2. The number of benzene rings is 3. The Balaban J connectivity index is 1.77. The molecule has 0 spiro atoms. The van der Waals surface area contributed by atoms with Crippen molar-refractivity contribution in [3.8, 4) is 5.75 Å². The second-order valence-electron chi connectivity index (χ2n) is 8.21. The minimum absolute atomic E-state index is 0.0620. The lowest BCUT2D eigenvalue weighted by atomic mass is 10.0. The van der Waals surface area contributed by atoms with Gasteiger partial charge >= 0.3 is 16.1 Å². The van der Waals surface area contributed by atoms with Gasteiger partial charge in [-0.3, -0.25) is 14.9 Å². The summed E-state index contributed by atoms with van der Waals surface area (Å²) in [6.07, 6.45) is 1.15. The number of aryl methyl sites for hydroxylation is 2. The number of carbonyl (C=O) groups excluding carboxylic acids is 3. The molecule has 1 heterocycles. The van der Waals surface area contributed by atoms with Crippen molar-refractivity contribution in [2.45, 2.75) is 25.7 Å². The highest BCUT2D eigenvalue weighted by Gasteiger charge is 2.37. The third-order valence-electron chi connectivity index (χ3n) is 5.70. The molecule has 4 rings (SSSR count). The van der Waals surface area contributed by atoms with E-state index < -0.39 is 33.5 Å². The number of halogens is 1. The normalized spacial score (nSPS) is 15.3. The first-order valence-electron chi connectivity index (χ1n) is 10.8. The summed E-state index contributed by atoms with van der Waals surface area (Å²) in [6.45, 7) is 5.40. The molecule has 8 nitrogen and oxygen atoms in total. The topological polar surface area (TPSA) is 110 Å². The third-order valence-corrected chi connectivity index (χ3v) is 7.18. The Labute approximate surface area is 213 Å². The van der Waals surface area contributed by atoms with Crippen LogP contribution in [-0.2, 0) is 19.7 Å². The molecule has 4 amide bonds.